The molecular formula is C11H16N6O. The summed E-state index contributed by atoms with van der Waals surface area (Å²) in [5.41, 5.74) is 0. The van der Waals surface area contributed by atoms with Gasteiger partial charge in [0.1, 0.15) is 12.2 Å². The Kier molecular flexibility index (Phi) is 4.06. The van der Waals surface area contributed by atoms with E-state index in [1.165, 1.54) is 6.33 Å². The lowest BCUT2D eigenvalue weighted by molar-refractivity contribution is 0.305. The number of H-pyrrole nitrogens is 1. The SMILES string of the molecule is CCCOc1ccnc(NC(C)c2ncn[nH]2)n1. The third-order valence-electron chi connectivity index (χ3n) is 2.27. The van der Waals surface area contributed by atoms with E-state index in [2.05, 4.69) is 30.5 Å². The first-order valence-electron chi connectivity index (χ1n) is 5.87. The Bertz CT molecular complexity index is 472. The minimum atomic E-state index is -0.0473. The predicted octanol–water partition coefficient (Wildman–Crippen LogP) is 1.56. The number of nitrogens with zero attached hydrogens (tertiary/aromatic N) is 4. The van der Waals surface area contributed by atoms with E-state index in [1.54, 1.807) is 12.3 Å². The maximum absolute atomic E-state index is 5.44. The quantitative estimate of drug-likeness (QED) is 0.806. The Morgan fingerprint density at radius 2 is 2.33 bits per heavy atom. The molecule has 0 saturated carbocycles. The summed E-state index contributed by atoms with van der Waals surface area (Å²) in [6, 6.07) is 1.69. The number of aromatic amines is 1. The molecule has 0 amide bonds. The monoisotopic (exact) mass is 248 g/mol. The maximum atomic E-state index is 5.44. The van der Waals surface area contributed by atoms with Crippen molar-refractivity contribution in [2.45, 2.75) is 26.3 Å². The van der Waals surface area contributed by atoms with Gasteiger partial charge in [-0.05, 0) is 13.3 Å². The van der Waals surface area contributed by atoms with Crippen LogP contribution in [0.4, 0.5) is 5.95 Å². The Labute approximate surface area is 105 Å². The second-order valence-corrected chi connectivity index (χ2v) is 3.80. The first-order chi connectivity index (χ1) is 8.79. The first kappa shape index (κ1) is 12.3. The van der Waals surface area contributed by atoms with Gasteiger partial charge in [-0.25, -0.2) is 9.97 Å². The molecule has 2 N–H and O–H groups in total. The molecule has 2 aromatic heterocycles. The van der Waals surface area contributed by atoms with Gasteiger partial charge in [0.25, 0.3) is 0 Å². The van der Waals surface area contributed by atoms with Gasteiger partial charge in [0, 0.05) is 12.3 Å². The molecule has 0 fully saturated rings. The van der Waals surface area contributed by atoms with Gasteiger partial charge in [-0.3, -0.25) is 5.10 Å². The summed E-state index contributed by atoms with van der Waals surface area (Å²) in [6.45, 7) is 4.64. The van der Waals surface area contributed by atoms with Gasteiger partial charge in [0.05, 0.1) is 12.6 Å². The smallest absolute Gasteiger partial charge is 0.226 e. The fourth-order valence-corrected chi connectivity index (χ4v) is 1.38. The van der Waals surface area contributed by atoms with Gasteiger partial charge in [0.15, 0.2) is 0 Å². The van der Waals surface area contributed by atoms with Crippen LogP contribution in [0.1, 0.15) is 32.1 Å². The zero-order valence-corrected chi connectivity index (χ0v) is 10.4. The topological polar surface area (TPSA) is 88.6 Å². The van der Waals surface area contributed by atoms with Crippen LogP contribution in [0.15, 0.2) is 18.6 Å². The molecule has 0 aliphatic heterocycles. The fraction of sp³-hybridized carbons (Fsp3) is 0.455. The molecule has 0 aromatic carbocycles. The van der Waals surface area contributed by atoms with E-state index < -0.39 is 0 Å². The molecule has 0 bridgehead atoms. The second kappa shape index (κ2) is 5.95. The lowest BCUT2D eigenvalue weighted by atomic mass is 10.3. The van der Waals surface area contributed by atoms with Crippen molar-refractivity contribution < 1.29 is 4.74 Å². The number of aromatic nitrogens is 5. The van der Waals surface area contributed by atoms with Crippen LogP contribution in [0.5, 0.6) is 5.88 Å². The third kappa shape index (κ3) is 3.16. The van der Waals surface area contributed by atoms with E-state index in [1.807, 2.05) is 13.8 Å². The van der Waals surface area contributed by atoms with Crippen molar-refractivity contribution in [3.8, 4) is 5.88 Å². The maximum Gasteiger partial charge on any atom is 0.226 e. The normalized spacial score (nSPS) is 12.1. The molecule has 96 valence electrons. The Balaban J connectivity index is 2.00. The van der Waals surface area contributed by atoms with Crippen molar-refractivity contribution in [3.05, 3.63) is 24.4 Å². The van der Waals surface area contributed by atoms with Gasteiger partial charge < -0.3 is 10.1 Å². The molecule has 7 nitrogen and oxygen atoms in total. The molecule has 7 heteroatoms. The van der Waals surface area contributed by atoms with E-state index in [0.29, 0.717) is 18.4 Å². The summed E-state index contributed by atoms with van der Waals surface area (Å²) < 4.78 is 5.44. The Morgan fingerprint density at radius 3 is 3.06 bits per heavy atom. The number of ether oxygens (including phenoxy) is 1. The van der Waals surface area contributed by atoms with Crippen LogP contribution in [0, 0.1) is 0 Å². The average molecular weight is 248 g/mol. The molecule has 0 spiro atoms. The van der Waals surface area contributed by atoms with Crippen LogP contribution in [0.3, 0.4) is 0 Å². The molecule has 2 aromatic rings. The zero-order valence-electron chi connectivity index (χ0n) is 10.4. The lowest BCUT2D eigenvalue weighted by Crippen LogP contribution is -2.11. The summed E-state index contributed by atoms with van der Waals surface area (Å²) in [7, 11) is 0. The summed E-state index contributed by atoms with van der Waals surface area (Å²) in [4.78, 5) is 12.5. The van der Waals surface area contributed by atoms with Gasteiger partial charge in [0.2, 0.25) is 11.8 Å². The van der Waals surface area contributed by atoms with Crippen molar-refractivity contribution in [2.75, 3.05) is 11.9 Å². The number of hydrogen-bond donors (Lipinski definition) is 2. The van der Waals surface area contributed by atoms with Crippen LogP contribution in [-0.4, -0.2) is 31.8 Å². The molecule has 2 rings (SSSR count). The van der Waals surface area contributed by atoms with Gasteiger partial charge >= 0.3 is 0 Å². The van der Waals surface area contributed by atoms with Crippen LogP contribution in [0.25, 0.3) is 0 Å². The van der Waals surface area contributed by atoms with E-state index in [-0.39, 0.29) is 6.04 Å². The lowest BCUT2D eigenvalue weighted by Gasteiger charge is -2.11. The first-order valence-corrected chi connectivity index (χ1v) is 5.87. The average Bonchev–Trinajstić information content (AvgIpc) is 2.91. The summed E-state index contributed by atoms with van der Waals surface area (Å²) in [6.07, 6.45) is 4.07. The van der Waals surface area contributed by atoms with E-state index in [9.17, 15) is 0 Å². The van der Waals surface area contributed by atoms with Crippen molar-refractivity contribution in [2.24, 2.45) is 0 Å². The van der Waals surface area contributed by atoms with Crippen LogP contribution in [-0.2, 0) is 0 Å². The van der Waals surface area contributed by atoms with Crippen LogP contribution in [0.2, 0.25) is 0 Å². The molecule has 0 aliphatic rings. The highest BCUT2D eigenvalue weighted by Crippen LogP contribution is 2.14. The fourth-order valence-electron chi connectivity index (χ4n) is 1.38. The Morgan fingerprint density at radius 1 is 1.44 bits per heavy atom. The van der Waals surface area contributed by atoms with Gasteiger partial charge in [-0.15, -0.1) is 0 Å². The van der Waals surface area contributed by atoms with E-state index in [0.717, 1.165) is 12.2 Å². The molecular weight excluding hydrogens is 232 g/mol. The van der Waals surface area contributed by atoms with Gasteiger partial charge in [-0.1, -0.05) is 6.92 Å². The molecule has 1 unspecified atom stereocenters. The van der Waals surface area contributed by atoms with Crippen molar-refractivity contribution >= 4 is 5.95 Å². The molecule has 1 atom stereocenters. The van der Waals surface area contributed by atoms with Crippen LogP contribution >= 0.6 is 0 Å². The van der Waals surface area contributed by atoms with Crippen molar-refractivity contribution in [1.82, 2.24) is 25.1 Å². The van der Waals surface area contributed by atoms with Crippen molar-refractivity contribution in [1.29, 1.82) is 0 Å². The second-order valence-electron chi connectivity index (χ2n) is 3.80. The molecule has 2 heterocycles. The summed E-state index contributed by atoms with van der Waals surface area (Å²) in [5, 5.41) is 9.72. The third-order valence-corrected chi connectivity index (χ3v) is 2.27. The molecule has 0 saturated heterocycles. The number of rotatable bonds is 6. The van der Waals surface area contributed by atoms with E-state index in [4.69, 9.17) is 4.74 Å². The Hall–Kier alpha value is -2.18. The highest BCUT2D eigenvalue weighted by atomic mass is 16.5. The minimum Gasteiger partial charge on any atom is -0.478 e. The zero-order chi connectivity index (χ0) is 12.8. The van der Waals surface area contributed by atoms with Gasteiger partial charge in [-0.2, -0.15) is 10.1 Å². The largest absolute Gasteiger partial charge is 0.478 e. The molecule has 0 aliphatic carbocycles. The minimum absolute atomic E-state index is 0.0473. The summed E-state index contributed by atoms with van der Waals surface area (Å²) >= 11 is 0. The van der Waals surface area contributed by atoms with E-state index >= 15 is 0 Å². The molecule has 18 heavy (non-hydrogen) atoms. The molecule has 0 radical (unpaired) electrons. The number of hydrogen-bond acceptors (Lipinski definition) is 6. The van der Waals surface area contributed by atoms with Crippen LogP contribution < -0.4 is 10.1 Å². The number of anilines is 1. The highest BCUT2D eigenvalue weighted by Gasteiger charge is 2.09. The number of nitrogens with one attached hydrogen (secondary N) is 2. The highest BCUT2D eigenvalue weighted by molar-refractivity contribution is 5.29. The predicted molar refractivity (Wildman–Crippen MR) is 66.2 cm³/mol. The van der Waals surface area contributed by atoms with Crippen molar-refractivity contribution in [3.63, 3.8) is 0 Å². The summed E-state index contributed by atoms with van der Waals surface area (Å²) in [5.74, 6) is 1.81. The standard InChI is InChI=1S/C11H16N6O/c1-3-6-18-9-4-5-12-11(16-9)15-8(2)10-13-7-14-17-10/h4-5,7-8H,3,6H2,1-2H3,(H,12,15,16)(H,13,14,17).